The van der Waals surface area contributed by atoms with E-state index in [9.17, 15) is 4.79 Å². The molecule has 0 fully saturated rings. The summed E-state index contributed by atoms with van der Waals surface area (Å²) in [7, 11) is 0. The van der Waals surface area contributed by atoms with Crippen molar-refractivity contribution in [1.82, 2.24) is 9.97 Å². The Morgan fingerprint density at radius 2 is 2.50 bits per heavy atom. The Kier molecular flexibility index (Phi) is 2.20. The SMILES string of the molecule is CCCc1c[nH]c(=O)cn1. The maximum atomic E-state index is 10.5. The van der Waals surface area contributed by atoms with Crippen LogP contribution in [-0.2, 0) is 6.42 Å². The number of aromatic nitrogens is 2. The molecule has 0 bridgehead atoms. The number of nitrogens with zero attached hydrogens (tertiary/aromatic N) is 1. The Morgan fingerprint density at radius 3 is 3.00 bits per heavy atom. The zero-order valence-corrected chi connectivity index (χ0v) is 5.92. The van der Waals surface area contributed by atoms with Gasteiger partial charge < -0.3 is 4.98 Å². The van der Waals surface area contributed by atoms with Crippen LogP contribution in [-0.4, -0.2) is 9.97 Å². The molecule has 0 saturated heterocycles. The fraction of sp³-hybridized carbons (Fsp3) is 0.429. The molecule has 1 aromatic rings. The van der Waals surface area contributed by atoms with Crippen molar-refractivity contribution in [2.24, 2.45) is 0 Å². The zero-order chi connectivity index (χ0) is 7.40. The molecule has 0 aliphatic carbocycles. The van der Waals surface area contributed by atoms with Crippen LogP contribution in [0.25, 0.3) is 0 Å². The highest BCUT2D eigenvalue weighted by atomic mass is 16.1. The molecule has 0 radical (unpaired) electrons. The molecule has 3 nitrogen and oxygen atoms in total. The molecule has 0 spiro atoms. The van der Waals surface area contributed by atoms with Gasteiger partial charge in [0.15, 0.2) is 0 Å². The van der Waals surface area contributed by atoms with Crippen LogP contribution in [0.3, 0.4) is 0 Å². The fourth-order valence-corrected chi connectivity index (χ4v) is 0.763. The Balaban J connectivity index is 2.79. The Labute approximate surface area is 59.1 Å². The van der Waals surface area contributed by atoms with E-state index in [4.69, 9.17) is 0 Å². The maximum Gasteiger partial charge on any atom is 0.266 e. The second kappa shape index (κ2) is 3.15. The van der Waals surface area contributed by atoms with Crippen molar-refractivity contribution in [3.8, 4) is 0 Å². The van der Waals surface area contributed by atoms with Gasteiger partial charge in [0.2, 0.25) is 0 Å². The first-order valence-electron chi connectivity index (χ1n) is 3.36. The summed E-state index contributed by atoms with van der Waals surface area (Å²) in [5.74, 6) is 0. The highest BCUT2D eigenvalue weighted by molar-refractivity contribution is 4.94. The predicted octanol–water partition coefficient (Wildman–Crippen LogP) is 0.722. The standard InChI is InChI=1S/C7H10N2O/c1-2-3-6-4-9-7(10)5-8-6/h4-5H,2-3H2,1H3,(H,9,10). The topological polar surface area (TPSA) is 45.8 Å². The van der Waals surface area contributed by atoms with Crippen molar-refractivity contribution in [3.05, 3.63) is 28.4 Å². The minimum absolute atomic E-state index is 0.139. The van der Waals surface area contributed by atoms with Crippen LogP contribution in [0.4, 0.5) is 0 Å². The molecule has 0 unspecified atom stereocenters. The quantitative estimate of drug-likeness (QED) is 0.654. The van der Waals surface area contributed by atoms with Gasteiger partial charge in [-0.3, -0.25) is 9.78 Å². The number of hydrogen-bond donors (Lipinski definition) is 1. The van der Waals surface area contributed by atoms with Crippen LogP contribution in [0.5, 0.6) is 0 Å². The van der Waals surface area contributed by atoms with Gasteiger partial charge in [-0.25, -0.2) is 0 Å². The summed E-state index contributed by atoms with van der Waals surface area (Å²) in [4.78, 5) is 17.0. The van der Waals surface area contributed by atoms with E-state index in [1.807, 2.05) is 0 Å². The molecule has 54 valence electrons. The van der Waals surface area contributed by atoms with Crippen LogP contribution >= 0.6 is 0 Å². The largest absolute Gasteiger partial charge is 0.326 e. The highest BCUT2D eigenvalue weighted by Crippen LogP contribution is 1.91. The smallest absolute Gasteiger partial charge is 0.266 e. The molecule has 3 heteroatoms. The highest BCUT2D eigenvalue weighted by Gasteiger charge is 1.89. The molecule has 0 aliphatic heterocycles. The molecule has 1 rings (SSSR count). The Hall–Kier alpha value is -1.12. The lowest BCUT2D eigenvalue weighted by atomic mass is 10.3. The van der Waals surface area contributed by atoms with Gasteiger partial charge in [-0.05, 0) is 6.42 Å². The van der Waals surface area contributed by atoms with Crippen molar-refractivity contribution in [2.45, 2.75) is 19.8 Å². The fourth-order valence-electron chi connectivity index (χ4n) is 0.763. The average Bonchev–Trinajstić information content (AvgIpc) is 1.95. The summed E-state index contributed by atoms with van der Waals surface area (Å²) >= 11 is 0. The summed E-state index contributed by atoms with van der Waals surface area (Å²) in [5, 5.41) is 0. The monoisotopic (exact) mass is 138 g/mol. The summed E-state index contributed by atoms with van der Waals surface area (Å²) in [6.07, 6.45) is 4.95. The molecule has 1 N–H and O–H groups in total. The minimum Gasteiger partial charge on any atom is -0.326 e. The third-order valence-electron chi connectivity index (χ3n) is 1.23. The van der Waals surface area contributed by atoms with E-state index in [2.05, 4.69) is 16.9 Å². The number of rotatable bonds is 2. The van der Waals surface area contributed by atoms with Crippen LogP contribution in [0.1, 0.15) is 19.0 Å². The van der Waals surface area contributed by atoms with Gasteiger partial charge in [0.25, 0.3) is 5.56 Å². The minimum atomic E-state index is -0.139. The van der Waals surface area contributed by atoms with Crippen LogP contribution < -0.4 is 5.56 Å². The maximum absolute atomic E-state index is 10.5. The number of nitrogens with one attached hydrogen (secondary N) is 1. The van der Waals surface area contributed by atoms with Crippen molar-refractivity contribution in [1.29, 1.82) is 0 Å². The molecular weight excluding hydrogens is 128 g/mol. The molecule has 0 aliphatic rings. The molecule has 0 aromatic carbocycles. The second-order valence-corrected chi connectivity index (χ2v) is 2.15. The van der Waals surface area contributed by atoms with Gasteiger partial charge in [0.1, 0.15) is 0 Å². The molecule has 1 aromatic heterocycles. The lowest BCUT2D eigenvalue weighted by molar-refractivity contribution is 0.865. The van der Waals surface area contributed by atoms with E-state index in [0.717, 1.165) is 18.5 Å². The lowest BCUT2D eigenvalue weighted by Crippen LogP contribution is -2.05. The molecule has 0 atom stereocenters. The molecule has 10 heavy (non-hydrogen) atoms. The zero-order valence-electron chi connectivity index (χ0n) is 5.92. The second-order valence-electron chi connectivity index (χ2n) is 2.15. The van der Waals surface area contributed by atoms with Gasteiger partial charge in [0.05, 0.1) is 11.9 Å². The van der Waals surface area contributed by atoms with Gasteiger partial charge in [-0.1, -0.05) is 13.3 Å². The van der Waals surface area contributed by atoms with Crippen molar-refractivity contribution >= 4 is 0 Å². The van der Waals surface area contributed by atoms with E-state index in [1.54, 1.807) is 6.20 Å². The summed E-state index contributed by atoms with van der Waals surface area (Å²) in [6.45, 7) is 2.08. The molecule has 1 heterocycles. The third kappa shape index (κ3) is 1.69. The lowest BCUT2D eigenvalue weighted by Gasteiger charge is -1.92. The van der Waals surface area contributed by atoms with E-state index < -0.39 is 0 Å². The van der Waals surface area contributed by atoms with E-state index >= 15 is 0 Å². The van der Waals surface area contributed by atoms with E-state index in [-0.39, 0.29) is 5.56 Å². The number of aromatic amines is 1. The van der Waals surface area contributed by atoms with Crippen molar-refractivity contribution in [3.63, 3.8) is 0 Å². The molecular formula is C7H10N2O. The Bertz CT molecular complexity index is 234. The predicted molar refractivity (Wildman–Crippen MR) is 38.9 cm³/mol. The van der Waals surface area contributed by atoms with Gasteiger partial charge in [0, 0.05) is 6.20 Å². The van der Waals surface area contributed by atoms with Crippen LogP contribution in [0.2, 0.25) is 0 Å². The van der Waals surface area contributed by atoms with E-state index in [0.29, 0.717) is 0 Å². The number of aryl methyl sites for hydroxylation is 1. The van der Waals surface area contributed by atoms with Crippen LogP contribution in [0, 0.1) is 0 Å². The summed E-state index contributed by atoms with van der Waals surface area (Å²) in [6, 6.07) is 0. The van der Waals surface area contributed by atoms with Gasteiger partial charge >= 0.3 is 0 Å². The molecule has 0 amide bonds. The first-order chi connectivity index (χ1) is 4.83. The summed E-state index contributed by atoms with van der Waals surface area (Å²) in [5.41, 5.74) is 0.807. The van der Waals surface area contributed by atoms with Gasteiger partial charge in [-0.15, -0.1) is 0 Å². The Morgan fingerprint density at radius 1 is 1.70 bits per heavy atom. The van der Waals surface area contributed by atoms with Gasteiger partial charge in [-0.2, -0.15) is 0 Å². The first kappa shape index (κ1) is 6.99. The number of hydrogen-bond acceptors (Lipinski definition) is 2. The third-order valence-corrected chi connectivity index (χ3v) is 1.23. The van der Waals surface area contributed by atoms with Crippen LogP contribution in [0.15, 0.2) is 17.2 Å². The summed E-state index contributed by atoms with van der Waals surface area (Å²) < 4.78 is 0. The van der Waals surface area contributed by atoms with Crippen molar-refractivity contribution < 1.29 is 0 Å². The number of H-pyrrole nitrogens is 1. The van der Waals surface area contributed by atoms with Crippen molar-refractivity contribution in [2.75, 3.05) is 0 Å². The first-order valence-corrected chi connectivity index (χ1v) is 3.36. The average molecular weight is 138 g/mol. The normalized spacial score (nSPS) is 9.70. The molecule has 0 saturated carbocycles. The van der Waals surface area contributed by atoms with E-state index in [1.165, 1.54) is 6.20 Å².